The summed E-state index contributed by atoms with van der Waals surface area (Å²) in [5.74, 6) is 1.43. The van der Waals surface area contributed by atoms with Gasteiger partial charge < -0.3 is 19.7 Å². The van der Waals surface area contributed by atoms with Crippen molar-refractivity contribution in [3.63, 3.8) is 0 Å². The molecule has 0 aliphatic heterocycles. The summed E-state index contributed by atoms with van der Waals surface area (Å²) in [6.45, 7) is 2.93. The maximum absolute atomic E-state index is 10.2. The topological polar surface area (TPSA) is 67.5 Å². The third-order valence-corrected chi connectivity index (χ3v) is 2.87. The summed E-state index contributed by atoms with van der Waals surface area (Å²) in [7, 11) is 1.60. The summed E-state index contributed by atoms with van der Waals surface area (Å²) in [5, 5.41) is 16.9. The summed E-state index contributed by atoms with van der Waals surface area (Å²) in [4.78, 5) is 0. The standard InChI is InChI=1S/C14H18N2O3/c1-10-3-4-14(18-2)12(7-10)13(17)9-15-8-11-5-6-16-19-11/h3-7,13,15,17H,8-9H2,1-2H3. The van der Waals surface area contributed by atoms with Crippen LogP contribution < -0.4 is 10.1 Å². The summed E-state index contributed by atoms with van der Waals surface area (Å²) in [5.41, 5.74) is 1.87. The van der Waals surface area contributed by atoms with E-state index in [1.54, 1.807) is 19.4 Å². The lowest BCUT2D eigenvalue weighted by Crippen LogP contribution is -2.21. The second kappa shape index (κ2) is 6.36. The highest BCUT2D eigenvalue weighted by Crippen LogP contribution is 2.25. The van der Waals surface area contributed by atoms with Gasteiger partial charge in [-0.3, -0.25) is 0 Å². The number of nitrogens with one attached hydrogen (secondary N) is 1. The lowest BCUT2D eigenvalue weighted by atomic mass is 10.1. The Kier molecular flexibility index (Phi) is 4.54. The van der Waals surface area contributed by atoms with Crippen molar-refractivity contribution >= 4 is 0 Å². The number of hydrogen-bond acceptors (Lipinski definition) is 5. The van der Waals surface area contributed by atoms with Gasteiger partial charge in [-0.15, -0.1) is 0 Å². The highest BCUT2D eigenvalue weighted by Gasteiger charge is 2.13. The molecule has 0 bridgehead atoms. The molecule has 1 aromatic carbocycles. The average molecular weight is 262 g/mol. The number of aliphatic hydroxyl groups excluding tert-OH is 1. The third kappa shape index (κ3) is 3.56. The Morgan fingerprint density at radius 3 is 2.95 bits per heavy atom. The van der Waals surface area contributed by atoms with Crippen LogP contribution in [-0.4, -0.2) is 23.9 Å². The van der Waals surface area contributed by atoms with Gasteiger partial charge in [-0.1, -0.05) is 16.8 Å². The van der Waals surface area contributed by atoms with Gasteiger partial charge in [0.2, 0.25) is 0 Å². The van der Waals surface area contributed by atoms with Gasteiger partial charge in [0.25, 0.3) is 0 Å². The number of rotatable bonds is 6. The molecule has 1 heterocycles. The van der Waals surface area contributed by atoms with Crippen molar-refractivity contribution in [3.8, 4) is 5.75 Å². The number of aromatic nitrogens is 1. The monoisotopic (exact) mass is 262 g/mol. The molecule has 19 heavy (non-hydrogen) atoms. The molecule has 0 amide bonds. The Labute approximate surface area is 112 Å². The molecule has 0 aliphatic carbocycles. The molecule has 0 saturated heterocycles. The van der Waals surface area contributed by atoms with Crippen molar-refractivity contribution < 1.29 is 14.4 Å². The summed E-state index contributed by atoms with van der Waals surface area (Å²) >= 11 is 0. The van der Waals surface area contributed by atoms with E-state index < -0.39 is 6.10 Å². The molecule has 5 nitrogen and oxygen atoms in total. The predicted octanol–water partition coefficient (Wildman–Crippen LogP) is 1.81. The Morgan fingerprint density at radius 2 is 2.26 bits per heavy atom. The van der Waals surface area contributed by atoms with E-state index in [2.05, 4.69) is 10.5 Å². The number of benzene rings is 1. The summed E-state index contributed by atoms with van der Waals surface area (Å²) in [6.07, 6.45) is 0.967. The van der Waals surface area contributed by atoms with Crippen LogP contribution in [0.15, 0.2) is 35.0 Å². The van der Waals surface area contributed by atoms with E-state index in [0.29, 0.717) is 18.8 Å². The van der Waals surface area contributed by atoms with E-state index >= 15 is 0 Å². The largest absolute Gasteiger partial charge is 0.496 e. The van der Waals surface area contributed by atoms with Crippen LogP contribution in [-0.2, 0) is 6.54 Å². The number of hydrogen-bond donors (Lipinski definition) is 2. The van der Waals surface area contributed by atoms with E-state index in [9.17, 15) is 5.11 Å². The van der Waals surface area contributed by atoms with Crippen LogP contribution in [0.5, 0.6) is 5.75 Å². The molecule has 5 heteroatoms. The Morgan fingerprint density at radius 1 is 1.42 bits per heavy atom. The highest BCUT2D eigenvalue weighted by molar-refractivity contribution is 5.38. The van der Waals surface area contributed by atoms with Gasteiger partial charge in [0.1, 0.15) is 11.5 Å². The van der Waals surface area contributed by atoms with Gasteiger partial charge in [-0.2, -0.15) is 0 Å². The van der Waals surface area contributed by atoms with E-state index in [-0.39, 0.29) is 0 Å². The number of ether oxygens (including phenoxy) is 1. The number of aryl methyl sites for hydroxylation is 1. The Bertz CT molecular complexity index is 511. The van der Waals surface area contributed by atoms with Crippen molar-refractivity contribution in [2.24, 2.45) is 0 Å². The van der Waals surface area contributed by atoms with Crippen molar-refractivity contribution in [3.05, 3.63) is 47.3 Å². The predicted molar refractivity (Wildman–Crippen MR) is 70.9 cm³/mol. The maximum atomic E-state index is 10.2. The summed E-state index contributed by atoms with van der Waals surface area (Å²) < 4.78 is 10.2. The fraction of sp³-hybridized carbons (Fsp3) is 0.357. The third-order valence-electron chi connectivity index (χ3n) is 2.87. The molecule has 2 N–H and O–H groups in total. The molecule has 0 fully saturated rings. The smallest absolute Gasteiger partial charge is 0.150 e. The Hall–Kier alpha value is -1.85. The average Bonchev–Trinajstić information content (AvgIpc) is 2.91. The van der Waals surface area contributed by atoms with Crippen LogP contribution in [0.4, 0.5) is 0 Å². The second-order valence-corrected chi connectivity index (χ2v) is 4.37. The minimum atomic E-state index is -0.627. The zero-order valence-corrected chi connectivity index (χ0v) is 11.1. The van der Waals surface area contributed by atoms with E-state index in [1.807, 2.05) is 25.1 Å². The molecular weight excluding hydrogens is 244 g/mol. The van der Waals surface area contributed by atoms with E-state index in [0.717, 1.165) is 16.9 Å². The van der Waals surface area contributed by atoms with Crippen LogP contribution >= 0.6 is 0 Å². The maximum Gasteiger partial charge on any atom is 0.150 e. The highest BCUT2D eigenvalue weighted by atomic mass is 16.5. The molecule has 102 valence electrons. The van der Waals surface area contributed by atoms with Crippen molar-refractivity contribution in [1.82, 2.24) is 10.5 Å². The quantitative estimate of drug-likeness (QED) is 0.831. The zero-order chi connectivity index (χ0) is 13.7. The minimum absolute atomic E-state index is 0.417. The zero-order valence-electron chi connectivity index (χ0n) is 11.1. The first kappa shape index (κ1) is 13.6. The molecular formula is C14H18N2O3. The Balaban J connectivity index is 1.95. The van der Waals surface area contributed by atoms with Gasteiger partial charge in [0.15, 0.2) is 0 Å². The molecule has 0 spiro atoms. The van der Waals surface area contributed by atoms with Crippen LogP contribution in [0.3, 0.4) is 0 Å². The summed E-state index contributed by atoms with van der Waals surface area (Å²) in [6, 6.07) is 7.54. The van der Waals surface area contributed by atoms with Gasteiger partial charge in [0, 0.05) is 18.2 Å². The second-order valence-electron chi connectivity index (χ2n) is 4.37. The van der Waals surface area contributed by atoms with E-state index in [4.69, 9.17) is 9.26 Å². The molecule has 1 aromatic heterocycles. The first-order valence-corrected chi connectivity index (χ1v) is 6.13. The van der Waals surface area contributed by atoms with Crippen LogP contribution in [0, 0.1) is 6.92 Å². The molecule has 2 aromatic rings. The number of aliphatic hydroxyl groups is 1. The van der Waals surface area contributed by atoms with E-state index in [1.165, 1.54) is 0 Å². The van der Waals surface area contributed by atoms with Crippen LogP contribution in [0.2, 0.25) is 0 Å². The molecule has 1 atom stereocenters. The number of methoxy groups -OCH3 is 1. The van der Waals surface area contributed by atoms with Crippen molar-refractivity contribution in [2.75, 3.05) is 13.7 Å². The molecule has 2 rings (SSSR count). The SMILES string of the molecule is COc1ccc(C)cc1C(O)CNCc1ccno1. The number of nitrogens with zero attached hydrogens (tertiary/aromatic N) is 1. The normalized spacial score (nSPS) is 12.4. The molecule has 0 saturated carbocycles. The fourth-order valence-electron chi connectivity index (χ4n) is 1.89. The first-order valence-electron chi connectivity index (χ1n) is 6.13. The van der Waals surface area contributed by atoms with Gasteiger partial charge in [0.05, 0.1) is 26.0 Å². The van der Waals surface area contributed by atoms with Crippen molar-refractivity contribution in [2.45, 2.75) is 19.6 Å². The van der Waals surface area contributed by atoms with Crippen LogP contribution in [0.25, 0.3) is 0 Å². The van der Waals surface area contributed by atoms with Gasteiger partial charge >= 0.3 is 0 Å². The van der Waals surface area contributed by atoms with Gasteiger partial charge in [-0.25, -0.2) is 0 Å². The van der Waals surface area contributed by atoms with Gasteiger partial charge in [-0.05, 0) is 19.1 Å². The molecule has 0 aliphatic rings. The lowest BCUT2D eigenvalue weighted by molar-refractivity contribution is 0.168. The van der Waals surface area contributed by atoms with Crippen molar-refractivity contribution in [1.29, 1.82) is 0 Å². The molecule has 1 unspecified atom stereocenters. The molecule has 0 radical (unpaired) electrons. The fourth-order valence-corrected chi connectivity index (χ4v) is 1.89. The minimum Gasteiger partial charge on any atom is -0.496 e. The van der Waals surface area contributed by atoms with Crippen LogP contribution in [0.1, 0.15) is 23.0 Å². The first-order chi connectivity index (χ1) is 9.20. The lowest BCUT2D eigenvalue weighted by Gasteiger charge is -2.15.